The van der Waals surface area contributed by atoms with E-state index in [1.807, 2.05) is 37.0 Å². The van der Waals surface area contributed by atoms with Crippen LogP contribution in [0, 0.1) is 31.5 Å². The van der Waals surface area contributed by atoms with E-state index in [1.165, 1.54) is 6.07 Å². The molecule has 2 fully saturated rings. The number of aromatic nitrogens is 2. The van der Waals surface area contributed by atoms with Crippen molar-refractivity contribution in [2.45, 2.75) is 13.8 Å². The Bertz CT molecular complexity index is 1000. The maximum Gasteiger partial charge on any atom is 0.257 e. The van der Waals surface area contributed by atoms with E-state index in [0.717, 1.165) is 36.0 Å². The fraction of sp³-hybridized carbons (Fsp3) is 0.435. The molecular formula is C23H25FN4O2. The molecular weight excluding hydrogens is 383 g/mol. The molecule has 2 atom stereocenters. The van der Waals surface area contributed by atoms with Crippen LogP contribution in [0.1, 0.15) is 27.3 Å². The first kappa shape index (κ1) is 19.2. The van der Waals surface area contributed by atoms with Crippen LogP contribution < -0.4 is 4.90 Å². The molecule has 2 aromatic rings. The Balaban J connectivity index is 1.33. The molecule has 2 unspecified atom stereocenters. The minimum Gasteiger partial charge on any atom is -0.373 e. The summed E-state index contributed by atoms with van der Waals surface area (Å²) in [7, 11) is 0. The van der Waals surface area contributed by atoms with Crippen LogP contribution in [0.25, 0.3) is 5.57 Å². The van der Waals surface area contributed by atoms with Crippen LogP contribution in [-0.2, 0) is 4.74 Å². The van der Waals surface area contributed by atoms with Crippen molar-refractivity contribution in [2.75, 3.05) is 44.3 Å². The second-order valence-corrected chi connectivity index (χ2v) is 8.49. The lowest BCUT2D eigenvalue weighted by Crippen LogP contribution is -2.34. The number of rotatable bonds is 3. The first-order chi connectivity index (χ1) is 14.5. The van der Waals surface area contributed by atoms with Crippen LogP contribution >= 0.6 is 0 Å². The molecule has 0 spiro atoms. The summed E-state index contributed by atoms with van der Waals surface area (Å²) in [4.78, 5) is 26.5. The van der Waals surface area contributed by atoms with Crippen LogP contribution in [0.15, 0.2) is 30.3 Å². The van der Waals surface area contributed by atoms with Crippen LogP contribution in [-0.4, -0.2) is 60.2 Å². The number of benzene rings is 1. The molecule has 0 aliphatic carbocycles. The molecule has 1 aromatic heterocycles. The van der Waals surface area contributed by atoms with E-state index in [1.54, 1.807) is 6.07 Å². The van der Waals surface area contributed by atoms with E-state index in [4.69, 9.17) is 4.74 Å². The predicted molar refractivity (Wildman–Crippen MR) is 112 cm³/mol. The van der Waals surface area contributed by atoms with Crippen LogP contribution in [0.5, 0.6) is 0 Å². The van der Waals surface area contributed by atoms with Gasteiger partial charge in [0.2, 0.25) is 5.95 Å². The fourth-order valence-electron chi connectivity index (χ4n) is 4.91. The zero-order chi connectivity index (χ0) is 20.8. The van der Waals surface area contributed by atoms with Crippen molar-refractivity contribution >= 4 is 17.4 Å². The Labute approximate surface area is 175 Å². The van der Waals surface area contributed by atoms with Crippen LogP contribution in [0.2, 0.25) is 0 Å². The smallest absolute Gasteiger partial charge is 0.257 e. The van der Waals surface area contributed by atoms with Gasteiger partial charge in [-0.05, 0) is 37.1 Å². The van der Waals surface area contributed by atoms with Gasteiger partial charge in [0.05, 0.1) is 18.8 Å². The largest absolute Gasteiger partial charge is 0.373 e. The van der Waals surface area contributed by atoms with Crippen molar-refractivity contribution < 1.29 is 13.9 Å². The summed E-state index contributed by atoms with van der Waals surface area (Å²) >= 11 is 0. The first-order valence-electron chi connectivity index (χ1n) is 10.4. The quantitative estimate of drug-likeness (QED) is 0.782. The molecule has 0 saturated carbocycles. The molecule has 1 aromatic carbocycles. The molecule has 7 heteroatoms. The van der Waals surface area contributed by atoms with E-state index in [9.17, 15) is 9.18 Å². The Morgan fingerprint density at radius 2 is 1.80 bits per heavy atom. The van der Waals surface area contributed by atoms with Crippen molar-refractivity contribution in [3.05, 3.63) is 58.7 Å². The number of ether oxygens (including phenoxy) is 1. The summed E-state index contributed by atoms with van der Waals surface area (Å²) in [5.74, 6) is 0.779. The minimum atomic E-state index is -0.465. The maximum atomic E-state index is 14.7. The van der Waals surface area contributed by atoms with Gasteiger partial charge in [-0.3, -0.25) is 4.79 Å². The first-order valence-corrected chi connectivity index (χ1v) is 10.4. The molecule has 1 amide bonds. The molecule has 30 heavy (non-hydrogen) atoms. The van der Waals surface area contributed by atoms with Crippen molar-refractivity contribution in [2.24, 2.45) is 11.8 Å². The number of fused-ring (bicyclic) bond motifs is 1. The number of hydrogen-bond acceptors (Lipinski definition) is 5. The topological polar surface area (TPSA) is 58.6 Å². The molecule has 0 N–H and O–H groups in total. The zero-order valence-corrected chi connectivity index (χ0v) is 17.3. The number of nitrogens with zero attached hydrogens (tertiary/aromatic N) is 4. The number of anilines is 1. The van der Waals surface area contributed by atoms with Gasteiger partial charge in [-0.25, -0.2) is 14.4 Å². The summed E-state index contributed by atoms with van der Waals surface area (Å²) in [6.07, 6.45) is 1.92. The van der Waals surface area contributed by atoms with Gasteiger partial charge in [0.15, 0.2) is 0 Å². The van der Waals surface area contributed by atoms with Gasteiger partial charge in [0, 0.05) is 49.4 Å². The van der Waals surface area contributed by atoms with Crippen molar-refractivity contribution in [1.29, 1.82) is 0 Å². The molecule has 4 heterocycles. The zero-order valence-electron chi connectivity index (χ0n) is 17.3. The summed E-state index contributed by atoms with van der Waals surface area (Å²) in [6.45, 7) is 7.78. The second kappa shape index (κ2) is 7.47. The average Bonchev–Trinajstić information content (AvgIpc) is 3.43. The molecule has 0 bridgehead atoms. The van der Waals surface area contributed by atoms with E-state index in [-0.39, 0.29) is 11.5 Å². The highest BCUT2D eigenvalue weighted by Gasteiger charge is 2.43. The summed E-state index contributed by atoms with van der Waals surface area (Å²) in [5.41, 5.74) is 3.63. The second-order valence-electron chi connectivity index (χ2n) is 8.49. The van der Waals surface area contributed by atoms with Gasteiger partial charge < -0.3 is 14.5 Å². The summed E-state index contributed by atoms with van der Waals surface area (Å²) < 4.78 is 20.1. The molecule has 0 radical (unpaired) electrons. The molecule has 2 saturated heterocycles. The Hall–Kier alpha value is -2.80. The number of carbonyl (C=O) groups excluding carboxylic acids is 1. The van der Waals surface area contributed by atoms with E-state index in [0.29, 0.717) is 43.7 Å². The van der Waals surface area contributed by atoms with Gasteiger partial charge >= 0.3 is 0 Å². The highest BCUT2D eigenvalue weighted by Crippen LogP contribution is 2.35. The number of hydrogen-bond donors (Lipinski definition) is 0. The van der Waals surface area contributed by atoms with Crippen molar-refractivity contribution in [1.82, 2.24) is 14.9 Å². The van der Waals surface area contributed by atoms with Crippen LogP contribution in [0.3, 0.4) is 0 Å². The lowest BCUT2D eigenvalue weighted by atomic mass is 9.99. The third-order valence-electron chi connectivity index (χ3n) is 6.31. The Morgan fingerprint density at radius 3 is 2.43 bits per heavy atom. The predicted octanol–water partition coefficient (Wildman–Crippen LogP) is 2.85. The molecule has 156 valence electrons. The third kappa shape index (κ3) is 3.37. The molecule has 3 aliphatic heterocycles. The van der Waals surface area contributed by atoms with Gasteiger partial charge in [0.1, 0.15) is 5.82 Å². The van der Waals surface area contributed by atoms with Crippen LogP contribution in [0.4, 0.5) is 10.3 Å². The third-order valence-corrected chi connectivity index (χ3v) is 6.31. The number of aryl methyl sites for hydroxylation is 2. The number of amides is 1. The SMILES string of the molecule is Cc1cc(C)nc(N2CC3CN(C(=O)c4c(F)cccc4C4=CCOC4)CC3C2)n1. The van der Waals surface area contributed by atoms with E-state index in [2.05, 4.69) is 14.9 Å². The molecule has 5 rings (SSSR count). The lowest BCUT2D eigenvalue weighted by molar-refractivity contribution is 0.0777. The number of carbonyl (C=O) groups is 1. The Kier molecular flexibility index (Phi) is 4.77. The van der Waals surface area contributed by atoms with Gasteiger partial charge in [-0.15, -0.1) is 0 Å². The standard InChI is InChI=1S/C23H25FN4O2/c1-14-8-15(2)26-23(25-14)28-11-17-9-27(10-18(17)12-28)22(29)21-19(4-3-5-20(21)24)16-6-7-30-13-16/h3-6,8,17-18H,7,9-13H2,1-2H3. The summed E-state index contributed by atoms with van der Waals surface area (Å²) in [6, 6.07) is 6.80. The van der Waals surface area contributed by atoms with Crippen molar-refractivity contribution in [3.63, 3.8) is 0 Å². The average molecular weight is 408 g/mol. The monoisotopic (exact) mass is 408 g/mol. The highest BCUT2D eigenvalue weighted by atomic mass is 19.1. The van der Waals surface area contributed by atoms with E-state index < -0.39 is 5.82 Å². The number of likely N-dealkylation sites (tertiary alicyclic amines) is 1. The fourth-order valence-corrected chi connectivity index (χ4v) is 4.91. The summed E-state index contributed by atoms with van der Waals surface area (Å²) in [5, 5.41) is 0. The van der Waals surface area contributed by atoms with Gasteiger partial charge in [0.25, 0.3) is 5.91 Å². The molecule has 6 nitrogen and oxygen atoms in total. The normalized spacial score (nSPS) is 23.1. The van der Waals surface area contributed by atoms with E-state index >= 15 is 0 Å². The van der Waals surface area contributed by atoms with Gasteiger partial charge in [-0.1, -0.05) is 18.2 Å². The minimum absolute atomic E-state index is 0.170. The van der Waals surface area contributed by atoms with Gasteiger partial charge in [-0.2, -0.15) is 0 Å². The number of halogens is 1. The Morgan fingerprint density at radius 1 is 1.10 bits per heavy atom. The maximum absolute atomic E-state index is 14.7. The highest BCUT2D eigenvalue weighted by molar-refractivity contribution is 6.00. The lowest BCUT2D eigenvalue weighted by Gasteiger charge is -2.23. The molecule has 3 aliphatic rings. The van der Waals surface area contributed by atoms with Crippen molar-refractivity contribution in [3.8, 4) is 0 Å².